The zero-order valence-electron chi connectivity index (χ0n) is 28.8. The summed E-state index contributed by atoms with van der Waals surface area (Å²) in [5.41, 5.74) is 2.38. The minimum absolute atomic E-state index is 0.0567. The first-order valence-electron chi connectivity index (χ1n) is 17.8. The molecule has 0 spiro atoms. The lowest BCUT2D eigenvalue weighted by Crippen LogP contribution is -2.55. The zero-order chi connectivity index (χ0) is 36.7. The van der Waals surface area contributed by atoms with Crippen LogP contribution in [0.25, 0.3) is 16.8 Å². The van der Waals surface area contributed by atoms with E-state index in [2.05, 4.69) is 37.0 Å². The number of amides is 1. The summed E-state index contributed by atoms with van der Waals surface area (Å²) in [6.07, 6.45) is 1.52. The van der Waals surface area contributed by atoms with Gasteiger partial charge in [0.25, 0.3) is 5.89 Å². The van der Waals surface area contributed by atoms with Crippen molar-refractivity contribution >= 4 is 45.9 Å². The van der Waals surface area contributed by atoms with E-state index in [0.29, 0.717) is 56.4 Å². The molecule has 0 bridgehead atoms. The summed E-state index contributed by atoms with van der Waals surface area (Å²) in [5.74, 6) is -0.706. The predicted octanol–water partition coefficient (Wildman–Crippen LogP) is 5.77. The number of piperazine rings is 1. The minimum atomic E-state index is -2.90. The highest BCUT2D eigenvalue weighted by molar-refractivity contribution is 6.36. The van der Waals surface area contributed by atoms with Crippen molar-refractivity contribution in [3.8, 4) is 12.1 Å². The first-order valence-corrected chi connectivity index (χ1v) is 18.2. The normalized spacial score (nSPS) is 23.2. The summed E-state index contributed by atoms with van der Waals surface area (Å²) < 4.78 is 51.6. The average Bonchev–Trinajstić information content (AvgIpc) is 3.87. The van der Waals surface area contributed by atoms with Crippen molar-refractivity contribution in [1.82, 2.24) is 29.9 Å². The van der Waals surface area contributed by atoms with Gasteiger partial charge in [0.2, 0.25) is 11.7 Å². The van der Waals surface area contributed by atoms with Gasteiger partial charge in [0.05, 0.1) is 41.3 Å². The first-order chi connectivity index (χ1) is 25.7. The molecule has 3 saturated heterocycles. The number of rotatable bonds is 9. The summed E-state index contributed by atoms with van der Waals surface area (Å²) in [6.45, 7) is 3.67. The molecule has 0 aliphatic carbocycles. The van der Waals surface area contributed by atoms with Crippen LogP contribution in [0.4, 0.5) is 24.7 Å². The van der Waals surface area contributed by atoms with Crippen molar-refractivity contribution in [2.75, 3.05) is 55.7 Å². The van der Waals surface area contributed by atoms with Gasteiger partial charge in [0, 0.05) is 67.9 Å². The van der Waals surface area contributed by atoms with Crippen molar-refractivity contribution < 1.29 is 27.2 Å². The van der Waals surface area contributed by atoms with Crippen LogP contribution in [0.15, 0.2) is 47.0 Å². The molecule has 4 aliphatic rings. The number of ether oxygens (including phenoxy) is 1. The highest BCUT2D eigenvalue weighted by atomic mass is 35.5. The predicted molar refractivity (Wildman–Crippen MR) is 191 cm³/mol. The fourth-order valence-corrected chi connectivity index (χ4v) is 8.65. The van der Waals surface area contributed by atoms with Gasteiger partial charge in [-0.25, -0.2) is 13.2 Å². The summed E-state index contributed by atoms with van der Waals surface area (Å²) in [6, 6.07) is 13.9. The second kappa shape index (κ2) is 14.5. The lowest BCUT2D eigenvalue weighted by Gasteiger charge is -2.42. The lowest BCUT2D eigenvalue weighted by molar-refractivity contribution is -0.128. The van der Waals surface area contributed by atoms with Crippen LogP contribution in [0.3, 0.4) is 0 Å². The fourth-order valence-electron chi connectivity index (χ4n) is 8.37. The van der Waals surface area contributed by atoms with Crippen LogP contribution in [-0.4, -0.2) is 99.4 Å². The molecule has 16 heteroatoms. The van der Waals surface area contributed by atoms with Gasteiger partial charge in [0.15, 0.2) is 0 Å². The van der Waals surface area contributed by atoms with Gasteiger partial charge in [-0.15, -0.1) is 0 Å². The molecule has 0 saturated carbocycles. The van der Waals surface area contributed by atoms with Gasteiger partial charge in [-0.3, -0.25) is 9.69 Å². The molecule has 0 unspecified atom stereocenters. The molecule has 8 rings (SSSR count). The third-order valence-corrected chi connectivity index (χ3v) is 11.2. The van der Waals surface area contributed by atoms with Crippen LogP contribution in [0.5, 0.6) is 6.01 Å². The van der Waals surface area contributed by atoms with Crippen LogP contribution in [-0.2, 0) is 17.8 Å². The number of anilines is 2. The average molecular weight is 748 g/mol. The van der Waals surface area contributed by atoms with E-state index < -0.39 is 30.4 Å². The van der Waals surface area contributed by atoms with E-state index >= 15 is 0 Å². The third kappa shape index (κ3) is 6.86. The molecular weight excluding hydrogens is 711 g/mol. The number of hydrogen-bond acceptors (Lipinski definition) is 11. The summed E-state index contributed by atoms with van der Waals surface area (Å²) in [7, 11) is 0. The van der Waals surface area contributed by atoms with Crippen LogP contribution in [0.1, 0.15) is 55.1 Å². The number of benzene rings is 2. The van der Waals surface area contributed by atoms with Crippen LogP contribution in [0, 0.1) is 11.3 Å². The van der Waals surface area contributed by atoms with Crippen LogP contribution < -0.4 is 14.5 Å². The van der Waals surface area contributed by atoms with Crippen molar-refractivity contribution in [3.63, 3.8) is 0 Å². The summed E-state index contributed by atoms with van der Waals surface area (Å²) >= 11 is 6.73. The molecule has 12 nitrogen and oxygen atoms in total. The summed E-state index contributed by atoms with van der Waals surface area (Å²) in [5, 5.41) is 15.6. The third-order valence-electron chi connectivity index (χ3n) is 10.8. The molecular formula is C37H37ClF3N9O3. The number of carbonyl (C=O) groups excluding carboxylic acids is 1. The molecule has 4 aromatic rings. The molecule has 0 radical (unpaired) electrons. The van der Waals surface area contributed by atoms with Crippen LogP contribution >= 0.6 is 11.6 Å². The number of aromatic nitrogens is 4. The molecule has 3 fully saturated rings. The molecule has 3 atom stereocenters. The van der Waals surface area contributed by atoms with E-state index in [-0.39, 0.29) is 37.0 Å². The van der Waals surface area contributed by atoms with Crippen molar-refractivity contribution in [1.29, 1.82) is 5.26 Å². The smallest absolute Gasteiger partial charge is 0.318 e. The second-order valence-electron chi connectivity index (χ2n) is 14.0. The molecule has 276 valence electrons. The standard InChI is InChI=1S/C37H37ClF3N9O3/c38-27-6-1-4-23-5-2-7-29(32(23)27)47-15-11-26-28(21-47)43-36(52-22-37-12-3-14-49(37)19-24(39)18-37)45-35(26)48-16-17-50(25(20-48)10-13-42)31(51)9-8-30-44-34(33(40)41)46-53-30/h1-2,4-9,24-25,33H,3,10-12,14-22H2/b9-8+/t24-,25+,37+/m1/s1. The maximum atomic E-state index is 14.6. The minimum Gasteiger partial charge on any atom is -0.461 e. The molecule has 2 aromatic carbocycles. The highest BCUT2D eigenvalue weighted by Crippen LogP contribution is 2.41. The molecule has 1 amide bonds. The Kier molecular flexibility index (Phi) is 9.59. The largest absolute Gasteiger partial charge is 0.461 e. The fraction of sp³-hybridized carbons (Fsp3) is 0.459. The van der Waals surface area contributed by atoms with Gasteiger partial charge in [-0.05, 0) is 43.3 Å². The topological polar surface area (TPSA) is 128 Å². The van der Waals surface area contributed by atoms with E-state index in [0.717, 1.165) is 47.1 Å². The Morgan fingerprint density at radius 3 is 2.77 bits per heavy atom. The van der Waals surface area contributed by atoms with Crippen LogP contribution in [0.2, 0.25) is 5.02 Å². The number of fused-ring (bicyclic) bond motifs is 3. The zero-order valence-corrected chi connectivity index (χ0v) is 29.6. The van der Waals surface area contributed by atoms with E-state index in [4.69, 9.17) is 30.8 Å². The molecule has 0 N–H and O–H groups in total. The number of nitriles is 1. The van der Waals surface area contributed by atoms with E-state index in [1.165, 1.54) is 12.2 Å². The van der Waals surface area contributed by atoms with Gasteiger partial charge < -0.3 is 24.0 Å². The second-order valence-corrected chi connectivity index (χ2v) is 14.4. The Bertz CT molecular complexity index is 2090. The quantitative estimate of drug-likeness (QED) is 0.194. The Morgan fingerprint density at radius 2 is 1.96 bits per heavy atom. The highest BCUT2D eigenvalue weighted by Gasteiger charge is 2.49. The van der Waals surface area contributed by atoms with E-state index in [9.17, 15) is 23.2 Å². The van der Waals surface area contributed by atoms with Gasteiger partial charge in [-0.1, -0.05) is 41.0 Å². The van der Waals surface area contributed by atoms with Gasteiger partial charge in [-0.2, -0.15) is 20.2 Å². The molecule has 4 aliphatic heterocycles. The molecule has 6 heterocycles. The monoisotopic (exact) mass is 747 g/mol. The van der Waals surface area contributed by atoms with E-state index in [1.54, 1.807) is 4.90 Å². The molecule has 53 heavy (non-hydrogen) atoms. The van der Waals surface area contributed by atoms with Gasteiger partial charge >= 0.3 is 12.4 Å². The van der Waals surface area contributed by atoms with Gasteiger partial charge in [0.1, 0.15) is 18.6 Å². The first kappa shape index (κ1) is 35.1. The maximum Gasteiger partial charge on any atom is 0.318 e. The SMILES string of the molecule is N#CC[C@H]1CN(c2nc(OC[C@@]34CCCN3C[C@H](F)C4)nc3c2CCN(c2cccc4cccc(Cl)c24)C3)CCN1C(=O)/C=C/c1nc(C(F)F)no1. The Labute approximate surface area is 308 Å². The molecule has 2 aromatic heterocycles. The van der Waals surface area contributed by atoms with E-state index in [1.807, 2.05) is 30.3 Å². The van der Waals surface area contributed by atoms with Crippen molar-refractivity contribution in [3.05, 3.63) is 70.5 Å². The summed E-state index contributed by atoms with van der Waals surface area (Å²) in [4.78, 5) is 34.9. The van der Waals surface area contributed by atoms with Crippen molar-refractivity contribution in [2.45, 2.75) is 62.8 Å². The maximum absolute atomic E-state index is 14.6. The number of carbonyl (C=O) groups is 1. The Hall–Kier alpha value is -4.94. The number of hydrogen-bond donors (Lipinski definition) is 0. The Morgan fingerprint density at radius 1 is 1.11 bits per heavy atom. The van der Waals surface area contributed by atoms with Crippen molar-refractivity contribution in [2.24, 2.45) is 0 Å². The number of nitrogens with zero attached hydrogens (tertiary/aromatic N) is 9. The lowest BCUT2D eigenvalue weighted by atomic mass is 9.95. The number of alkyl halides is 3. The Balaban J connectivity index is 1.08. The number of halogens is 4.